The summed E-state index contributed by atoms with van der Waals surface area (Å²) >= 11 is 11.8. The Kier molecular flexibility index (Phi) is 3.54. The number of hydrogen-bond acceptors (Lipinski definition) is 4. The second kappa shape index (κ2) is 4.65. The molecule has 0 aliphatic carbocycles. The molecule has 7 heteroatoms. The lowest BCUT2D eigenvalue weighted by atomic mass is 10.2. The van der Waals surface area contributed by atoms with Crippen molar-refractivity contribution in [1.82, 2.24) is 0 Å². The van der Waals surface area contributed by atoms with Gasteiger partial charge < -0.3 is 10.4 Å². The minimum atomic E-state index is -3.18. The van der Waals surface area contributed by atoms with Crippen LogP contribution in [0.1, 0.15) is 0 Å². The number of aliphatic hydroxyl groups is 1. The van der Waals surface area contributed by atoms with Crippen molar-refractivity contribution < 1.29 is 13.5 Å². The van der Waals surface area contributed by atoms with Crippen molar-refractivity contribution in [2.75, 3.05) is 16.8 Å². The van der Waals surface area contributed by atoms with Gasteiger partial charge in [-0.25, -0.2) is 8.42 Å². The first kappa shape index (κ1) is 13.0. The Labute approximate surface area is 109 Å². The van der Waals surface area contributed by atoms with Crippen LogP contribution in [0.2, 0.25) is 10.0 Å². The quantitative estimate of drug-likeness (QED) is 0.869. The maximum absolute atomic E-state index is 11.3. The predicted octanol–water partition coefficient (Wildman–Crippen LogP) is 1.56. The highest BCUT2D eigenvalue weighted by molar-refractivity contribution is 7.91. The number of benzene rings is 1. The SMILES string of the molecule is O=S1(=O)C[C@@H](O)[C@H](Nc2cccc(Cl)c2Cl)C1. The Hall–Kier alpha value is -0.490. The lowest BCUT2D eigenvalue weighted by molar-refractivity contribution is 0.190. The van der Waals surface area contributed by atoms with E-state index in [1.165, 1.54) is 0 Å². The van der Waals surface area contributed by atoms with Crippen LogP contribution in [0.25, 0.3) is 0 Å². The Morgan fingerprint density at radius 3 is 2.59 bits per heavy atom. The number of rotatable bonds is 2. The molecule has 1 heterocycles. The normalized spacial score (nSPS) is 27.0. The lowest BCUT2D eigenvalue weighted by Gasteiger charge is -2.17. The second-order valence-corrected chi connectivity index (χ2v) is 6.94. The van der Waals surface area contributed by atoms with E-state index in [-0.39, 0.29) is 11.5 Å². The van der Waals surface area contributed by atoms with E-state index in [9.17, 15) is 13.5 Å². The van der Waals surface area contributed by atoms with E-state index < -0.39 is 22.0 Å². The van der Waals surface area contributed by atoms with Gasteiger partial charge in [-0.2, -0.15) is 0 Å². The minimum absolute atomic E-state index is 0.100. The van der Waals surface area contributed by atoms with Crippen molar-refractivity contribution >= 4 is 38.7 Å². The fourth-order valence-electron chi connectivity index (χ4n) is 1.78. The fourth-order valence-corrected chi connectivity index (χ4v) is 3.88. The van der Waals surface area contributed by atoms with Crippen LogP contribution in [0.4, 0.5) is 5.69 Å². The first-order valence-corrected chi connectivity index (χ1v) is 7.56. The van der Waals surface area contributed by atoms with E-state index in [0.717, 1.165) is 0 Å². The van der Waals surface area contributed by atoms with Crippen molar-refractivity contribution in [3.63, 3.8) is 0 Å². The smallest absolute Gasteiger partial charge is 0.155 e. The zero-order valence-electron chi connectivity index (χ0n) is 8.73. The first-order valence-electron chi connectivity index (χ1n) is 4.98. The molecule has 0 spiro atoms. The van der Waals surface area contributed by atoms with Gasteiger partial charge in [0.05, 0.1) is 39.4 Å². The zero-order valence-corrected chi connectivity index (χ0v) is 11.1. The van der Waals surface area contributed by atoms with Crippen LogP contribution in [0.5, 0.6) is 0 Å². The van der Waals surface area contributed by atoms with Crippen LogP contribution in [0.3, 0.4) is 0 Å². The number of sulfone groups is 1. The molecule has 4 nitrogen and oxygen atoms in total. The van der Waals surface area contributed by atoms with Crippen LogP contribution >= 0.6 is 23.2 Å². The molecule has 1 aliphatic rings. The average molecular weight is 296 g/mol. The van der Waals surface area contributed by atoms with Crippen LogP contribution in [0.15, 0.2) is 18.2 Å². The average Bonchev–Trinajstić information content (AvgIpc) is 2.47. The largest absolute Gasteiger partial charge is 0.390 e. The van der Waals surface area contributed by atoms with Gasteiger partial charge in [0.2, 0.25) is 0 Å². The molecule has 0 aromatic heterocycles. The lowest BCUT2D eigenvalue weighted by Crippen LogP contribution is -2.31. The molecular weight excluding hydrogens is 285 g/mol. The van der Waals surface area contributed by atoms with Gasteiger partial charge in [-0.15, -0.1) is 0 Å². The van der Waals surface area contributed by atoms with Crippen LogP contribution in [0, 0.1) is 0 Å². The summed E-state index contributed by atoms with van der Waals surface area (Å²) in [5.74, 6) is -0.320. The molecular formula is C10H11Cl2NO3S. The zero-order chi connectivity index (χ0) is 12.6. The molecule has 1 aromatic rings. The molecule has 2 atom stereocenters. The Morgan fingerprint density at radius 1 is 1.29 bits per heavy atom. The third-order valence-corrected chi connectivity index (χ3v) is 5.15. The Balaban J connectivity index is 2.20. The molecule has 0 bridgehead atoms. The molecule has 1 aromatic carbocycles. The summed E-state index contributed by atoms with van der Waals surface area (Å²) in [5.41, 5.74) is 0.528. The standard InChI is InChI=1S/C10H11Cl2NO3S/c11-6-2-1-3-7(10(6)12)13-8-4-17(15,16)5-9(8)14/h1-3,8-9,13-14H,4-5H2/t8-,9-/m1/s1. The molecule has 1 fully saturated rings. The van der Waals surface area contributed by atoms with Gasteiger partial charge in [0.1, 0.15) is 0 Å². The van der Waals surface area contributed by atoms with E-state index in [1.807, 2.05) is 0 Å². The van der Waals surface area contributed by atoms with Crippen LogP contribution in [-0.2, 0) is 9.84 Å². The number of anilines is 1. The van der Waals surface area contributed by atoms with Gasteiger partial charge >= 0.3 is 0 Å². The van der Waals surface area contributed by atoms with Gasteiger partial charge in [0.15, 0.2) is 9.84 Å². The molecule has 1 aliphatic heterocycles. The molecule has 0 unspecified atom stereocenters. The van der Waals surface area contributed by atoms with Crippen molar-refractivity contribution in [2.45, 2.75) is 12.1 Å². The highest BCUT2D eigenvalue weighted by Crippen LogP contribution is 2.31. The van der Waals surface area contributed by atoms with Gasteiger partial charge in [-0.05, 0) is 12.1 Å². The van der Waals surface area contributed by atoms with E-state index in [4.69, 9.17) is 23.2 Å². The van der Waals surface area contributed by atoms with Gasteiger partial charge in [0.25, 0.3) is 0 Å². The summed E-state index contributed by atoms with van der Waals surface area (Å²) in [4.78, 5) is 0. The maximum Gasteiger partial charge on any atom is 0.155 e. The summed E-state index contributed by atoms with van der Waals surface area (Å²) in [7, 11) is -3.18. The molecule has 0 amide bonds. The third kappa shape index (κ3) is 2.85. The molecule has 94 valence electrons. The Morgan fingerprint density at radius 2 is 2.00 bits per heavy atom. The van der Waals surface area contributed by atoms with Crippen LogP contribution in [-0.4, -0.2) is 37.2 Å². The number of halogens is 2. The van der Waals surface area contributed by atoms with Crippen molar-refractivity contribution in [2.24, 2.45) is 0 Å². The van der Waals surface area contributed by atoms with Gasteiger partial charge in [-0.3, -0.25) is 0 Å². The fraction of sp³-hybridized carbons (Fsp3) is 0.400. The molecule has 0 saturated carbocycles. The first-order chi connectivity index (χ1) is 7.89. The molecule has 0 radical (unpaired) electrons. The monoisotopic (exact) mass is 295 g/mol. The number of nitrogens with one attached hydrogen (secondary N) is 1. The summed E-state index contributed by atoms with van der Waals surface area (Å²) in [5, 5.41) is 13.2. The highest BCUT2D eigenvalue weighted by atomic mass is 35.5. The molecule has 1 saturated heterocycles. The van der Waals surface area contributed by atoms with Crippen molar-refractivity contribution in [3.8, 4) is 0 Å². The highest BCUT2D eigenvalue weighted by Gasteiger charge is 2.36. The molecule has 2 N–H and O–H groups in total. The maximum atomic E-state index is 11.3. The second-order valence-electron chi connectivity index (χ2n) is 4.00. The number of aliphatic hydroxyl groups excluding tert-OH is 1. The Bertz CT molecular complexity index is 532. The minimum Gasteiger partial charge on any atom is -0.390 e. The van der Waals surface area contributed by atoms with Crippen molar-refractivity contribution in [1.29, 1.82) is 0 Å². The van der Waals surface area contributed by atoms with E-state index in [0.29, 0.717) is 15.7 Å². The predicted molar refractivity (Wildman–Crippen MR) is 68.5 cm³/mol. The molecule has 2 rings (SSSR count). The van der Waals surface area contributed by atoms with Gasteiger partial charge in [0, 0.05) is 0 Å². The summed E-state index contributed by atoms with van der Waals surface area (Å²) < 4.78 is 22.7. The summed E-state index contributed by atoms with van der Waals surface area (Å²) in [6.45, 7) is 0. The van der Waals surface area contributed by atoms with E-state index >= 15 is 0 Å². The van der Waals surface area contributed by atoms with Gasteiger partial charge in [-0.1, -0.05) is 29.3 Å². The van der Waals surface area contributed by atoms with E-state index in [2.05, 4.69) is 5.32 Å². The number of hydrogen-bond donors (Lipinski definition) is 2. The molecule has 17 heavy (non-hydrogen) atoms. The third-order valence-electron chi connectivity index (χ3n) is 2.62. The summed E-state index contributed by atoms with van der Waals surface area (Å²) in [6.07, 6.45) is -0.921. The summed E-state index contributed by atoms with van der Waals surface area (Å²) in [6, 6.07) is 4.48. The van der Waals surface area contributed by atoms with Crippen molar-refractivity contribution in [3.05, 3.63) is 28.2 Å². The topological polar surface area (TPSA) is 66.4 Å². The van der Waals surface area contributed by atoms with Crippen LogP contribution < -0.4 is 5.32 Å². The van der Waals surface area contributed by atoms with E-state index in [1.54, 1.807) is 18.2 Å².